The highest BCUT2D eigenvalue weighted by Crippen LogP contribution is 2.48. The standard InChI is InChI=1S/C12H18O2/c1-3-9-11(13-9)5-7(1)8-2-4-10-12(6-8)14-10/h7-12H,1-6H2/t7?,8?,9-,10-,11+,12+/m1/s1. The number of rotatable bonds is 1. The summed E-state index contributed by atoms with van der Waals surface area (Å²) < 4.78 is 11.2. The Hall–Kier alpha value is -0.0800. The topological polar surface area (TPSA) is 25.1 Å². The van der Waals surface area contributed by atoms with Crippen molar-refractivity contribution in [3.8, 4) is 0 Å². The summed E-state index contributed by atoms with van der Waals surface area (Å²) in [5.41, 5.74) is 0. The fourth-order valence-corrected chi connectivity index (χ4v) is 3.73. The first-order valence-corrected chi connectivity index (χ1v) is 6.21. The summed E-state index contributed by atoms with van der Waals surface area (Å²) in [4.78, 5) is 0. The van der Waals surface area contributed by atoms with Crippen LogP contribution in [0.5, 0.6) is 0 Å². The Morgan fingerprint density at radius 2 is 1.07 bits per heavy atom. The number of epoxide rings is 2. The van der Waals surface area contributed by atoms with E-state index in [0.717, 1.165) is 11.8 Å². The Morgan fingerprint density at radius 1 is 0.571 bits per heavy atom. The van der Waals surface area contributed by atoms with Crippen molar-refractivity contribution in [1.29, 1.82) is 0 Å². The Morgan fingerprint density at radius 3 is 1.50 bits per heavy atom. The Bertz CT molecular complexity index is 227. The molecule has 0 aromatic heterocycles. The zero-order valence-electron chi connectivity index (χ0n) is 8.52. The third-order valence-electron chi connectivity index (χ3n) is 4.76. The maximum Gasteiger partial charge on any atom is 0.0844 e. The smallest absolute Gasteiger partial charge is 0.0844 e. The lowest BCUT2D eigenvalue weighted by Crippen LogP contribution is -2.26. The summed E-state index contributed by atoms with van der Waals surface area (Å²) in [6.45, 7) is 0. The molecule has 14 heavy (non-hydrogen) atoms. The first-order valence-electron chi connectivity index (χ1n) is 6.21. The molecule has 2 aliphatic carbocycles. The van der Waals surface area contributed by atoms with Gasteiger partial charge in [-0.1, -0.05) is 0 Å². The van der Waals surface area contributed by atoms with Gasteiger partial charge in [0.15, 0.2) is 0 Å². The molecule has 4 rings (SSSR count). The van der Waals surface area contributed by atoms with Crippen LogP contribution in [0.1, 0.15) is 38.5 Å². The summed E-state index contributed by atoms with van der Waals surface area (Å²) in [6.07, 6.45) is 10.9. The third kappa shape index (κ3) is 1.24. The Kier molecular flexibility index (Phi) is 1.58. The van der Waals surface area contributed by atoms with Crippen LogP contribution >= 0.6 is 0 Å². The van der Waals surface area contributed by atoms with E-state index in [1.165, 1.54) is 38.5 Å². The van der Waals surface area contributed by atoms with Gasteiger partial charge >= 0.3 is 0 Å². The van der Waals surface area contributed by atoms with Gasteiger partial charge < -0.3 is 9.47 Å². The minimum Gasteiger partial charge on any atom is -0.370 e. The first kappa shape index (κ1) is 8.12. The van der Waals surface area contributed by atoms with Gasteiger partial charge in [0, 0.05) is 0 Å². The minimum absolute atomic E-state index is 0.659. The summed E-state index contributed by atoms with van der Waals surface area (Å²) in [5, 5.41) is 0. The second-order valence-corrected chi connectivity index (χ2v) is 5.57. The monoisotopic (exact) mass is 194 g/mol. The van der Waals surface area contributed by atoms with Crippen molar-refractivity contribution in [2.75, 3.05) is 0 Å². The van der Waals surface area contributed by atoms with Gasteiger partial charge in [0.05, 0.1) is 24.4 Å². The van der Waals surface area contributed by atoms with E-state index in [-0.39, 0.29) is 0 Å². The number of hydrogen-bond acceptors (Lipinski definition) is 2. The molecule has 2 unspecified atom stereocenters. The number of hydrogen-bond donors (Lipinski definition) is 0. The Labute approximate surface area is 85.0 Å². The zero-order valence-corrected chi connectivity index (χ0v) is 8.52. The molecule has 0 aromatic rings. The molecule has 0 N–H and O–H groups in total. The van der Waals surface area contributed by atoms with Crippen molar-refractivity contribution in [3.05, 3.63) is 0 Å². The molecule has 4 fully saturated rings. The summed E-state index contributed by atoms with van der Waals surface area (Å²) in [6, 6.07) is 0. The third-order valence-corrected chi connectivity index (χ3v) is 4.76. The molecule has 2 aliphatic heterocycles. The van der Waals surface area contributed by atoms with E-state index in [4.69, 9.17) is 9.47 Å². The lowest BCUT2D eigenvalue weighted by molar-refractivity contribution is 0.217. The van der Waals surface area contributed by atoms with Crippen molar-refractivity contribution in [2.45, 2.75) is 62.9 Å². The highest BCUT2D eigenvalue weighted by atomic mass is 16.6. The van der Waals surface area contributed by atoms with E-state index in [2.05, 4.69) is 0 Å². The molecule has 0 bridgehead atoms. The van der Waals surface area contributed by atoms with E-state index in [1.54, 1.807) is 0 Å². The normalized spacial score (nSPS) is 60.0. The molecule has 4 aliphatic rings. The first-order chi connectivity index (χ1) is 6.90. The van der Waals surface area contributed by atoms with E-state index >= 15 is 0 Å². The van der Waals surface area contributed by atoms with Gasteiger partial charge in [0.1, 0.15) is 0 Å². The van der Waals surface area contributed by atoms with Crippen LogP contribution in [0.2, 0.25) is 0 Å². The van der Waals surface area contributed by atoms with Crippen LogP contribution in [0.25, 0.3) is 0 Å². The van der Waals surface area contributed by atoms with Crippen molar-refractivity contribution < 1.29 is 9.47 Å². The molecule has 78 valence electrons. The molecule has 2 saturated carbocycles. The maximum atomic E-state index is 5.60. The zero-order chi connectivity index (χ0) is 9.12. The predicted octanol–water partition coefficient (Wildman–Crippen LogP) is 2.12. The van der Waals surface area contributed by atoms with Crippen molar-refractivity contribution in [3.63, 3.8) is 0 Å². The van der Waals surface area contributed by atoms with Gasteiger partial charge in [0.25, 0.3) is 0 Å². The lowest BCUT2D eigenvalue weighted by Gasteiger charge is -2.30. The number of fused-ring (bicyclic) bond motifs is 2. The van der Waals surface area contributed by atoms with Crippen molar-refractivity contribution >= 4 is 0 Å². The maximum absolute atomic E-state index is 5.60. The van der Waals surface area contributed by atoms with Gasteiger partial charge in [-0.3, -0.25) is 0 Å². The minimum atomic E-state index is 0.659. The molecule has 6 atom stereocenters. The SMILES string of the molecule is C1C[C@H]2O[C@H]2CC1C1CC[C@H]2O[C@H]2C1. The van der Waals surface area contributed by atoms with E-state index in [1.807, 2.05) is 0 Å². The molecule has 2 saturated heterocycles. The second-order valence-electron chi connectivity index (χ2n) is 5.57. The largest absolute Gasteiger partial charge is 0.370 e. The van der Waals surface area contributed by atoms with Crippen LogP contribution in [-0.4, -0.2) is 24.4 Å². The fraction of sp³-hybridized carbons (Fsp3) is 1.00. The summed E-state index contributed by atoms with van der Waals surface area (Å²) >= 11 is 0. The number of ether oxygens (including phenoxy) is 2. The van der Waals surface area contributed by atoms with Crippen LogP contribution in [0.4, 0.5) is 0 Å². The molecule has 0 amide bonds. The van der Waals surface area contributed by atoms with Crippen LogP contribution in [0.15, 0.2) is 0 Å². The molecular weight excluding hydrogens is 176 g/mol. The van der Waals surface area contributed by atoms with E-state index in [9.17, 15) is 0 Å². The van der Waals surface area contributed by atoms with Crippen LogP contribution in [0, 0.1) is 11.8 Å². The molecule has 0 aromatic carbocycles. The quantitative estimate of drug-likeness (QED) is 0.597. The molecular formula is C12H18O2. The highest BCUT2D eigenvalue weighted by molar-refractivity contribution is 4.98. The molecule has 2 nitrogen and oxygen atoms in total. The van der Waals surface area contributed by atoms with E-state index in [0.29, 0.717) is 24.4 Å². The Balaban J connectivity index is 1.41. The van der Waals surface area contributed by atoms with Gasteiger partial charge in [-0.2, -0.15) is 0 Å². The van der Waals surface area contributed by atoms with Crippen LogP contribution in [0.3, 0.4) is 0 Å². The van der Waals surface area contributed by atoms with E-state index < -0.39 is 0 Å². The van der Waals surface area contributed by atoms with Gasteiger partial charge in [-0.25, -0.2) is 0 Å². The average Bonchev–Trinajstić information content (AvgIpc) is 3.10. The van der Waals surface area contributed by atoms with Crippen molar-refractivity contribution in [1.82, 2.24) is 0 Å². The van der Waals surface area contributed by atoms with Crippen molar-refractivity contribution in [2.24, 2.45) is 11.8 Å². The van der Waals surface area contributed by atoms with Gasteiger partial charge in [-0.05, 0) is 50.4 Å². The molecule has 2 heteroatoms. The highest BCUT2D eigenvalue weighted by Gasteiger charge is 2.49. The lowest BCUT2D eigenvalue weighted by atomic mass is 9.73. The predicted molar refractivity (Wildman–Crippen MR) is 52.0 cm³/mol. The van der Waals surface area contributed by atoms with Crippen LogP contribution in [-0.2, 0) is 9.47 Å². The van der Waals surface area contributed by atoms with Gasteiger partial charge in [-0.15, -0.1) is 0 Å². The molecule has 2 heterocycles. The van der Waals surface area contributed by atoms with Gasteiger partial charge in [0.2, 0.25) is 0 Å². The fourth-order valence-electron chi connectivity index (χ4n) is 3.73. The second kappa shape index (κ2) is 2.73. The summed E-state index contributed by atoms with van der Waals surface area (Å²) in [7, 11) is 0. The molecule has 0 radical (unpaired) electrons. The average molecular weight is 194 g/mol. The molecule has 0 spiro atoms. The summed E-state index contributed by atoms with van der Waals surface area (Å²) in [5.74, 6) is 1.92. The van der Waals surface area contributed by atoms with Crippen LogP contribution < -0.4 is 0 Å².